The van der Waals surface area contributed by atoms with Crippen LogP contribution in [0.2, 0.25) is 0 Å². The van der Waals surface area contributed by atoms with Crippen LogP contribution in [0.15, 0.2) is 53.9 Å². The number of hydrogen-bond donors (Lipinski definition) is 2. The number of nitrogens with one attached hydrogen (secondary N) is 2. The molecule has 3 aromatic rings. The minimum atomic E-state index is -1.20. The number of urea groups is 1. The number of ether oxygens (including phenoxy) is 3. The lowest BCUT2D eigenvalue weighted by Gasteiger charge is -2.24. The van der Waals surface area contributed by atoms with Gasteiger partial charge in [-0.2, -0.15) is 0 Å². The first-order chi connectivity index (χ1) is 17.8. The zero-order valence-electron chi connectivity index (χ0n) is 20.2. The number of aromatic nitrogens is 1. The van der Waals surface area contributed by atoms with Gasteiger partial charge in [0.2, 0.25) is 5.91 Å². The zero-order valence-corrected chi connectivity index (χ0v) is 21.0. The van der Waals surface area contributed by atoms with Gasteiger partial charge in [0.15, 0.2) is 10.8 Å². The Morgan fingerprint density at radius 3 is 2.38 bits per heavy atom. The number of carbonyl (C=O) groups excluding carboxylic acids is 4. The van der Waals surface area contributed by atoms with Crippen LogP contribution in [0.25, 0.3) is 0 Å². The maximum atomic E-state index is 13.5. The zero-order chi connectivity index (χ0) is 26.5. The molecule has 1 aliphatic rings. The first-order valence-corrected chi connectivity index (χ1v) is 12.0. The van der Waals surface area contributed by atoms with Gasteiger partial charge >= 0.3 is 12.0 Å². The Morgan fingerprint density at radius 1 is 1.08 bits per heavy atom. The number of benzene rings is 2. The SMILES string of the molecule is COC(=O)c1csc(NC(=O)[C@H](Cc2ccccc2)N2C(=O)NC(c3cc(OC)cc(OC)c3)C2=O)n1. The summed E-state index contributed by atoms with van der Waals surface area (Å²) in [5, 5.41) is 6.84. The second-order valence-electron chi connectivity index (χ2n) is 7.96. The van der Waals surface area contributed by atoms with E-state index in [1.165, 1.54) is 26.7 Å². The van der Waals surface area contributed by atoms with Crippen molar-refractivity contribution in [1.29, 1.82) is 0 Å². The van der Waals surface area contributed by atoms with E-state index in [-0.39, 0.29) is 17.2 Å². The number of nitrogens with zero attached hydrogens (tertiary/aromatic N) is 2. The Labute approximate surface area is 216 Å². The fourth-order valence-corrected chi connectivity index (χ4v) is 4.55. The van der Waals surface area contributed by atoms with Crippen LogP contribution in [0.5, 0.6) is 11.5 Å². The minimum Gasteiger partial charge on any atom is -0.497 e. The monoisotopic (exact) mass is 524 g/mol. The highest BCUT2D eigenvalue weighted by Crippen LogP contribution is 2.31. The molecule has 2 atom stereocenters. The summed E-state index contributed by atoms with van der Waals surface area (Å²) in [5.41, 5.74) is 1.21. The number of anilines is 1. The molecule has 0 saturated carbocycles. The molecule has 0 radical (unpaired) electrons. The van der Waals surface area contributed by atoms with E-state index in [9.17, 15) is 19.2 Å². The second kappa shape index (κ2) is 11.1. The van der Waals surface area contributed by atoms with Gasteiger partial charge in [0.1, 0.15) is 23.6 Å². The summed E-state index contributed by atoms with van der Waals surface area (Å²) in [6, 6.07) is 10.9. The number of carbonyl (C=O) groups is 4. The van der Waals surface area contributed by atoms with E-state index in [0.717, 1.165) is 21.8 Å². The fourth-order valence-electron chi connectivity index (χ4n) is 3.87. The fraction of sp³-hybridized carbons (Fsp3) is 0.240. The van der Waals surface area contributed by atoms with Gasteiger partial charge in [-0.15, -0.1) is 11.3 Å². The quantitative estimate of drug-likeness (QED) is 0.322. The van der Waals surface area contributed by atoms with E-state index in [4.69, 9.17) is 9.47 Å². The van der Waals surface area contributed by atoms with Crippen molar-refractivity contribution in [2.75, 3.05) is 26.6 Å². The third kappa shape index (κ3) is 5.54. The van der Waals surface area contributed by atoms with Gasteiger partial charge < -0.3 is 24.8 Å². The van der Waals surface area contributed by atoms with Gasteiger partial charge in [-0.3, -0.25) is 9.59 Å². The van der Waals surface area contributed by atoms with Crippen LogP contribution in [0.3, 0.4) is 0 Å². The molecule has 0 spiro atoms. The van der Waals surface area contributed by atoms with Crippen molar-refractivity contribution in [3.63, 3.8) is 0 Å². The molecule has 0 bridgehead atoms. The van der Waals surface area contributed by atoms with Gasteiger partial charge in [0.05, 0.1) is 21.3 Å². The normalized spacial score (nSPS) is 15.6. The average molecular weight is 525 g/mol. The van der Waals surface area contributed by atoms with Crippen LogP contribution >= 0.6 is 11.3 Å². The highest BCUT2D eigenvalue weighted by molar-refractivity contribution is 7.14. The molecular weight excluding hydrogens is 500 g/mol. The van der Waals surface area contributed by atoms with E-state index in [1.54, 1.807) is 42.5 Å². The Hall–Kier alpha value is -4.45. The number of hydrogen-bond acceptors (Lipinski definition) is 9. The number of amides is 4. The maximum absolute atomic E-state index is 13.5. The molecule has 1 unspecified atom stereocenters. The lowest BCUT2D eigenvalue weighted by Crippen LogP contribution is -2.49. The van der Waals surface area contributed by atoms with Crippen LogP contribution < -0.4 is 20.1 Å². The predicted molar refractivity (Wildman–Crippen MR) is 134 cm³/mol. The van der Waals surface area contributed by atoms with Crippen molar-refractivity contribution in [3.05, 3.63) is 70.7 Å². The molecule has 2 aromatic carbocycles. The molecular formula is C25H24N4O7S. The average Bonchev–Trinajstić information content (AvgIpc) is 3.50. The molecule has 1 fully saturated rings. The Bertz CT molecular complexity index is 1310. The van der Waals surface area contributed by atoms with Gasteiger partial charge in [0.25, 0.3) is 5.91 Å². The molecule has 1 aromatic heterocycles. The summed E-state index contributed by atoms with van der Waals surface area (Å²) in [7, 11) is 4.18. The highest BCUT2D eigenvalue weighted by Gasteiger charge is 2.45. The number of imide groups is 1. The molecule has 12 heteroatoms. The van der Waals surface area contributed by atoms with Crippen LogP contribution in [0.4, 0.5) is 9.93 Å². The van der Waals surface area contributed by atoms with Crippen LogP contribution in [-0.2, 0) is 20.7 Å². The number of thiazole rings is 1. The van der Waals surface area contributed by atoms with Crippen LogP contribution in [0, 0.1) is 0 Å². The molecule has 11 nitrogen and oxygen atoms in total. The van der Waals surface area contributed by atoms with E-state index in [1.807, 2.05) is 6.07 Å². The van der Waals surface area contributed by atoms with Gasteiger partial charge in [-0.1, -0.05) is 30.3 Å². The number of rotatable bonds is 9. The molecule has 37 heavy (non-hydrogen) atoms. The van der Waals surface area contributed by atoms with Gasteiger partial charge in [-0.05, 0) is 23.3 Å². The van der Waals surface area contributed by atoms with Crippen LogP contribution in [-0.4, -0.2) is 61.1 Å². The van der Waals surface area contributed by atoms with Crippen molar-refractivity contribution in [1.82, 2.24) is 15.2 Å². The van der Waals surface area contributed by atoms with E-state index < -0.39 is 35.9 Å². The summed E-state index contributed by atoms with van der Waals surface area (Å²) in [5.74, 6) is -1.01. The van der Waals surface area contributed by atoms with E-state index >= 15 is 0 Å². The summed E-state index contributed by atoms with van der Waals surface area (Å²) >= 11 is 1.02. The summed E-state index contributed by atoms with van der Waals surface area (Å²) in [6.07, 6.45) is 0.0647. The van der Waals surface area contributed by atoms with Gasteiger partial charge in [0, 0.05) is 17.9 Å². The van der Waals surface area contributed by atoms with Crippen molar-refractivity contribution in [2.24, 2.45) is 0 Å². The largest absolute Gasteiger partial charge is 0.497 e. The molecule has 2 N–H and O–H groups in total. The molecule has 1 saturated heterocycles. The lowest BCUT2D eigenvalue weighted by molar-refractivity contribution is -0.134. The summed E-state index contributed by atoms with van der Waals surface area (Å²) in [4.78, 5) is 56.7. The van der Waals surface area contributed by atoms with Crippen molar-refractivity contribution >= 4 is 40.3 Å². The first kappa shape index (κ1) is 25.6. The Balaban J connectivity index is 1.64. The molecule has 192 valence electrons. The topological polar surface area (TPSA) is 136 Å². The maximum Gasteiger partial charge on any atom is 0.357 e. The number of esters is 1. The smallest absolute Gasteiger partial charge is 0.357 e. The van der Waals surface area contributed by atoms with E-state index in [0.29, 0.717) is 17.1 Å². The highest BCUT2D eigenvalue weighted by atomic mass is 32.1. The summed E-state index contributed by atoms with van der Waals surface area (Å²) < 4.78 is 15.2. The lowest BCUT2D eigenvalue weighted by atomic mass is 10.0. The van der Waals surface area contributed by atoms with Crippen molar-refractivity contribution in [3.8, 4) is 11.5 Å². The second-order valence-corrected chi connectivity index (χ2v) is 8.82. The van der Waals surface area contributed by atoms with Gasteiger partial charge in [-0.25, -0.2) is 19.5 Å². The first-order valence-electron chi connectivity index (χ1n) is 11.1. The molecule has 0 aliphatic carbocycles. The van der Waals surface area contributed by atoms with Crippen molar-refractivity contribution < 1.29 is 33.4 Å². The minimum absolute atomic E-state index is 0.0319. The molecule has 1 aliphatic heterocycles. The third-order valence-corrected chi connectivity index (χ3v) is 6.45. The van der Waals surface area contributed by atoms with Crippen LogP contribution in [0.1, 0.15) is 27.7 Å². The summed E-state index contributed by atoms with van der Waals surface area (Å²) in [6.45, 7) is 0. The molecule has 2 heterocycles. The standard InChI is InChI=1S/C25H24N4O7S/c1-34-16-10-15(11-17(12-16)35-2)20-22(31)29(25(33)27-20)19(9-14-7-5-4-6-8-14)21(30)28-24-26-18(13-37-24)23(32)36-3/h4-8,10-13,19-20H,9H2,1-3H3,(H,27,33)(H,26,28,30)/t19-,20?/m0/s1. The molecule has 4 amide bonds. The Kier molecular flexibility index (Phi) is 7.68. The third-order valence-electron chi connectivity index (χ3n) is 5.69. The Morgan fingerprint density at radius 2 is 1.76 bits per heavy atom. The number of methoxy groups -OCH3 is 3. The van der Waals surface area contributed by atoms with Crippen molar-refractivity contribution in [2.45, 2.75) is 18.5 Å². The predicted octanol–water partition coefficient (Wildman–Crippen LogP) is 2.79. The molecule has 4 rings (SSSR count). The van der Waals surface area contributed by atoms with E-state index in [2.05, 4.69) is 20.4 Å².